The molecule has 0 aliphatic carbocycles. The van der Waals surface area contributed by atoms with Gasteiger partial charge in [-0.25, -0.2) is 0 Å². The van der Waals surface area contributed by atoms with Crippen LogP contribution in [0.1, 0.15) is 42.0 Å². The van der Waals surface area contributed by atoms with Crippen molar-refractivity contribution < 1.29 is 9.59 Å². The van der Waals surface area contributed by atoms with Crippen LogP contribution in [-0.2, 0) is 16.0 Å². The fourth-order valence-electron chi connectivity index (χ4n) is 4.65. The SMILES string of the molecule is Cc1ccc(NC(=O)C(=O)NC[C@H](c2ccc3c(c2)CCCN3C)N2CCCC2)cc1Cl. The molecule has 1 fully saturated rings. The quantitative estimate of drug-likeness (QED) is 0.672. The van der Waals surface area contributed by atoms with Gasteiger partial charge in [0.2, 0.25) is 0 Å². The molecule has 0 spiro atoms. The first-order valence-corrected chi connectivity index (χ1v) is 11.7. The molecule has 4 rings (SSSR count). The maximum Gasteiger partial charge on any atom is 0.313 e. The van der Waals surface area contributed by atoms with E-state index in [9.17, 15) is 9.59 Å². The van der Waals surface area contributed by atoms with E-state index in [-0.39, 0.29) is 6.04 Å². The molecule has 1 saturated heterocycles. The van der Waals surface area contributed by atoms with Crippen molar-refractivity contribution in [3.63, 3.8) is 0 Å². The van der Waals surface area contributed by atoms with Crippen LogP contribution in [0.3, 0.4) is 0 Å². The number of aryl methyl sites for hydroxylation is 2. The molecule has 7 heteroatoms. The van der Waals surface area contributed by atoms with E-state index < -0.39 is 11.8 Å². The van der Waals surface area contributed by atoms with Gasteiger partial charge in [0, 0.05) is 36.5 Å². The predicted octanol–water partition coefficient (Wildman–Crippen LogP) is 3.92. The van der Waals surface area contributed by atoms with Crippen LogP contribution < -0.4 is 15.5 Å². The molecule has 2 aromatic rings. The van der Waals surface area contributed by atoms with Crippen LogP contribution in [0.4, 0.5) is 11.4 Å². The van der Waals surface area contributed by atoms with Gasteiger partial charge in [-0.2, -0.15) is 0 Å². The summed E-state index contributed by atoms with van der Waals surface area (Å²) >= 11 is 6.12. The molecule has 0 unspecified atom stereocenters. The van der Waals surface area contributed by atoms with Gasteiger partial charge < -0.3 is 15.5 Å². The Hall–Kier alpha value is -2.57. The predicted molar refractivity (Wildman–Crippen MR) is 129 cm³/mol. The van der Waals surface area contributed by atoms with E-state index in [4.69, 9.17) is 11.6 Å². The number of carbonyl (C=O) groups excluding carboxylic acids is 2. The summed E-state index contributed by atoms with van der Waals surface area (Å²) in [5, 5.41) is 6.04. The Bertz CT molecular complexity index is 1000. The van der Waals surface area contributed by atoms with Gasteiger partial charge in [-0.1, -0.05) is 29.8 Å². The molecule has 1 atom stereocenters. The monoisotopic (exact) mass is 454 g/mol. The standard InChI is InChI=1S/C25H31ClN4O2/c1-17-7-9-20(15-21(17)26)28-25(32)24(31)27-16-23(30-12-3-4-13-30)19-8-10-22-18(14-19)6-5-11-29(22)2/h7-10,14-15,23H,3-6,11-13,16H2,1-2H3,(H,27,31)(H,28,32)/t23-/m1/s1. The van der Waals surface area contributed by atoms with E-state index in [2.05, 4.69) is 45.7 Å². The van der Waals surface area contributed by atoms with Crippen LogP contribution in [0.25, 0.3) is 0 Å². The van der Waals surface area contributed by atoms with Gasteiger partial charge >= 0.3 is 11.8 Å². The molecule has 6 nitrogen and oxygen atoms in total. The molecule has 170 valence electrons. The van der Waals surface area contributed by atoms with Gasteiger partial charge in [0.25, 0.3) is 0 Å². The molecular formula is C25H31ClN4O2. The van der Waals surface area contributed by atoms with Crippen molar-refractivity contribution in [2.75, 3.05) is 43.4 Å². The highest BCUT2D eigenvalue weighted by Gasteiger charge is 2.26. The van der Waals surface area contributed by atoms with Gasteiger partial charge in [-0.3, -0.25) is 14.5 Å². The lowest BCUT2D eigenvalue weighted by Gasteiger charge is -2.31. The normalized spacial score (nSPS) is 17.0. The van der Waals surface area contributed by atoms with Gasteiger partial charge in [-0.15, -0.1) is 0 Å². The number of nitrogens with zero attached hydrogens (tertiary/aromatic N) is 2. The summed E-state index contributed by atoms with van der Waals surface area (Å²) in [6.45, 7) is 5.38. The van der Waals surface area contributed by atoms with Crippen molar-refractivity contribution in [1.82, 2.24) is 10.2 Å². The summed E-state index contributed by atoms with van der Waals surface area (Å²) in [4.78, 5) is 29.7. The molecule has 2 aromatic carbocycles. The van der Waals surface area contributed by atoms with Gasteiger partial charge in [0.15, 0.2) is 0 Å². The second-order valence-electron chi connectivity index (χ2n) is 8.80. The zero-order valence-electron chi connectivity index (χ0n) is 18.8. The summed E-state index contributed by atoms with van der Waals surface area (Å²) in [6, 6.07) is 11.9. The number of halogens is 1. The Balaban J connectivity index is 1.44. The average Bonchev–Trinajstić information content (AvgIpc) is 3.31. The fraction of sp³-hybridized carbons (Fsp3) is 0.440. The van der Waals surface area contributed by atoms with Gasteiger partial charge in [-0.05, 0) is 80.6 Å². The Morgan fingerprint density at radius 2 is 1.81 bits per heavy atom. The van der Waals surface area contributed by atoms with Gasteiger partial charge in [0.1, 0.15) is 0 Å². The van der Waals surface area contributed by atoms with Crippen LogP contribution in [0, 0.1) is 6.92 Å². The van der Waals surface area contributed by atoms with Gasteiger partial charge in [0.05, 0.1) is 6.04 Å². The zero-order chi connectivity index (χ0) is 22.7. The minimum atomic E-state index is -0.683. The molecule has 0 aromatic heterocycles. The number of nitrogens with one attached hydrogen (secondary N) is 2. The number of fused-ring (bicyclic) bond motifs is 1. The first-order valence-electron chi connectivity index (χ1n) is 11.4. The molecule has 2 aliphatic rings. The molecule has 0 radical (unpaired) electrons. The van der Waals surface area contributed by atoms with Crippen molar-refractivity contribution in [2.24, 2.45) is 0 Å². The Morgan fingerprint density at radius 3 is 2.56 bits per heavy atom. The van der Waals surface area contributed by atoms with Crippen LogP contribution in [0.2, 0.25) is 5.02 Å². The molecule has 2 amide bonds. The maximum absolute atomic E-state index is 12.5. The maximum atomic E-state index is 12.5. The number of anilines is 2. The van der Waals surface area contributed by atoms with E-state index >= 15 is 0 Å². The lowest BCUT2D eigenvalue weighted by molar-refractivity contribution is -0.136. The van der Waals surface area contributed by atoms with Crippen LogP contribution in [-0.4, -0.2) is 49.9 Å². The van der Waals surface area contributed by atoms with Crippen molar-refractivity contribution in [3.8, 4) is 0 Å². The van der Waals surface area contributed by atoms with Crippen molar-refractivity contribution in [2.45, 2.75) is 38.6 Å². The smallest absolute Gasteiger partial charge is 0.313 e. The molecule has 2 heterocycles. The number of hydrogen-bond acceptors (Lipinski definition) is 4. The van der Waals surface area contributed by atoms with E-state index in [1.54, 1.807) is 12.1 Å². The summed E-state index contributed by atoms with van der Waals surface area (Å²) < 4.78 is 0. The highest BCUT2D eigenvalue weighted by Crippen LogP contribution is 2.32. The van der Waals surface area contributed by atoms with E-state index in [0.717, 1.165) is 50.9 Å². The van der Waals surface area contributed by atoms with Crippen molar-refractivity contribution >= 4 is 34.8 Å². The summed E-state index contributed by atoms with van der Waals surface area (Å²) in [5.41, 5.74) is 5.28. The number of benzene rings is 2. The zero-order valence-corrected chi connectivity index (χ0v) is 19.5. The average molecular weight is 455 g/mol. The third-order valence-electron chi connectivity index (χ3n) is 6.51. The Morgan fingerprint density at radius 1 is 1.03 bits per heavy atom. The van der Waals surface area contributed by atoms with Crippen LogP contribution in [0.15, 0.2) is 36.4 Å². The highest BCUT2D eigenvalue weighted by atomic mass is 35.5. The summed E-state index contributed by atoms with van der Waals surface area (Å²) in [7, 11) is 2.13. The van der Waals surface area contributed by atoms with E-state index in [1.165, 1.54) is 16.8 Å². The topological polar surface area (TPSA) is 64.7 Å². The lowest BCUT2D eigenvalue weighted by Crippen LogP contribution is -2.41. The minimum Gasteiger partial charge on any atom is -0.374 e. The Kier molecular flexibility index (Phi) is 7.01. The molecule has 32 heavy (non-hydrogen) atoms. The third kappa shape index (κ3) is 5.08. The second-order valence-corrected chi connectivity index (χ2v) is 9.21. The minimum absolute atomic E-state index is 0.0561. The van der Waals surface area contributed by atoms with Crippen molar-refractivity contribution in [3.05, 3.63) is 58.1 Å². The molecule has 0 saturated carbocycles. The number of carbonyl (C=O) groups is 2. The van der Waals surface area contributed by atoms with Crippen LogP contribution in [0.5, 0.6) is 0 Å². The largest absolute Gasteiger partial charge is 0.374 e. The third-order valence-corrected chi connectivity index (χ3v) is 6.92. The second kappa shape index (κ2) is 9.92. The molecular weight excluding hydrogens is 424 g/mol. The number of likely N-dealkylation sites (tertiary alicyclic amines) is 1. The first-order chi connectivity index (χ1) is 15.4. The highest BCUT2D eigenvalue weighted by molar-refractivity contribution is 6.39. The Labute approximate surface area is 194 Å². The first kappa shape index (κ1) is 22.6. The van der Waals surface area contributed by atoms with E-state index in [1.807, 2.05) is 13.0 Å². The summed E-state index contributed by atoms with van der Waals surface area (Å²) in [5.74, 6) is -1.32. The van der Waals surface area contributed by atoms with Crippen LogP contribution >= 0.6 is 11.6 Å². The fourth-order valence-corrected chi connectivity index (χ4v) is 4.83. The summed E-state index contributed by atoms with van der Waals surface area (Å²) in [6.07, 6.45) is 4.55. The number of hydrogen-bond donors (Lipinski definition) is 2. The molecule has 2 aliphatic heterocycles. The van der Waals surface area contributed by atoms with Crippen molar-refractivity contribution in [1.29, 1.82) is 0 Å². The number of amides is 2. The molecule has 2 N–H and O–H groups in total. The number of rotatable bonds is 5. The molecule has 0 bridgehead atoms. The van der Waals surface area contributed by atoms with E-state index in [0.29, 0.717) is 17.3 Å². The lowest BCUT2D eigenvalue weighted by atomic mass is 9.96.